The summed E-state index contributed by atoms with van der Waals surface area (Å²) in [7, 11) is 0. The number of benzene rings is 1. The van der Waals surface area contributed by atoms with Crippen molar-refractivity contribution < 1.29 is 31.1 Å². The fourth-order valence-corrected chi connectivity index (χ4v) is 5.23. The summed E-state index contributed by atoms with van der Waals surface area (Å²) in [6, 6.07) is 7.07. The number of nitrogens with one attached hydrogen (secondary N) is 1. The Bertz CT molecular complexity index is 1240. The highest BCUT2D eigenvalue weighted by Gasteiger charge is 2.47. The fourth-order valence-electron chi connectivity index (χ4n) is 4.29. The van der Waals surface area contributed by atoms with E-state index < -0.39 is 54.3 Å². The van der Waals surface area contributed by atoms with E-state index >= 15 is 0 Å². The van der Waals surface area contributed by atoms with E-state index in [-0.39, 0.29) is 28.5 Å². The molecular weight excluding hydrogens is 506 g/mol. The normalized spacial score (nSPS) is 19.8. The third-order valence-corrected chi connectivity index (χ3v) is 6.98. The van der Waals surface area contributed by atoms with Crippen molar-refractivity contribution >= 4 is 23.1 Å². The number of piperidine rings is 1. The summed E-state index contributed by atoms with van der Waals surface area (Å²) < 4.78 is 82.0. The molecule has 3 heterocycles. The number of thiazole rings is 1. The van der Waals surface area contributed by atoms with Gasteiger partial charge in [-0.05, 0) is 31.0 Å². The predicted octanol–water partition coefficient (Wildman–Crippen LogP) is 6.27. The number of rotatable bonds is 5. The maximum atomic E-state index is 14.6. The minimum Gasteiger partial charge on any atom is -0.368 e. The Balaban J connectivity index is 1.62. The minimum absolute atomic E-state index is 0.0283. The zero-order valence-corrected chi connectivity index (χ0v) is 20.1. The Kier molecular flexibility index (Phi) is 7.00. The van der Waals surface area contributed by atoms with Crippen LogP contribution in [0.2, 0.25) is 0 Å². The van der Waals surface area contributed by atoms with Gasteiger partial charge in [0.25, 0.3) is 11.8 Å². The van der Waals surface area contributed by atoms with Crippen LogP contribution in [0.25, 0.3) is 10.4 Å². The van der Waals surface area contributed by atoms with Gasteiger partial charge in [0.2, 0.25) is 0 Å². The number of hydrogen-bond donors (Lipinski definition) is 1. The van der Waals surface area contributed by atoms with E-state index in [1.54, 1.807) is 19.9 Å². The van der Waals surface area contributed by atoms with Gasteiger partial charge >= 0.3 is 6.18 Å². The molecule has 1 aliphatic rings. The van der Waals surface area contributed by atoms with E-state index in [1.807, 2.05) is 0 Å². The SMILES string of the molecule is Cc1nc(C(=O)N2CC(F)(F)C[C@@H](C)[C@H]2CNc2ccc(C(F)(F)F)cn2)c(-c2ccccc2F)s1. The number of aromatic nitrogens is 2. The number of halogens is 6. The van der Waals surface area contributed by atoms with Crippen molar-refractivity contribution in [3.8, 4) is 10.4 Å². The molecule has 1 saturated heterocycles. The van der Waals surface area contributed by atoms with Crippen molar-refractivity contribution in [1.82, 2.24) is 14.9 Å². The first-order chi connectivity index (χ1) is 16.9. The van der Waals surface area contributed by atoms with Gasteiger partial charge in [-0.3, -0.25) is 4.79 Å². The van der Waals surface area contributed by atoms with Crippen LogP contribution in [0.15, 0.2) is 42.6 Å². The summed E-state index contributed by atoms with van der Waals surface area (Å²) in [4.78, 5) is 22.8. The Morgan fingerprint density at radius 1 is 1.22 bits per heavy atom. The number of likely N-dealkylation sites (tertiary alicyclic amines) is 1. The molecule has 0 spiro atoms. The van der Waals surface area contributed by atoms with E-state index in [0.717, 1.165) is 28.4 Å². The van der Waals surface area contributed by atoms with Gasteiger partial charge in [-0.1, -0.05) is 25.1 Å². The molecule has 0 bridgehead atoms. The second kappa shape index (κ2) is 9.72. The summed E-state index contributed by atoms with van der Waals surface area (Å²) in [5.74, 6) is -5.04. The molecule has 12 heteroatoms. The smallest absolute Gasteiger partial charge is 0.368 e. The fraction of sp³-hybridized carbons (Fsp3) is 0.375. The first kappa shape index (κ1) is 25.9. The first-order valence-corrected chi connectivity index (χ1v) is 11.9. The van der Waals surface area contributed by atoms with E-state index in [1.165, 1.54) is 18.2 Å². The molecule has 3 aromatic rings. The first-order valence-electron chi connectivity index (χ1n) is 11.0. The molecule has 4 rings (SSSR count). The zero-order chi connectivity index (χ0) is 26.3. The van der Waals surface area contributed by atoms with Crippen LogP contribution in [0.1, 0.15) is 34.4 Å². The average Bonchev–Trinajstić information content (AvgIpc) is 3.18. The molecule has 1 amide bonds. The third kappa shape index (κ3) is 5.48. The van der Waals surface area contributed by atoms with Gasteiger partial charge in [-0.15, -0.1) is 11.3 Å². The number of carbonyl (C=O) groups excluding carboxylic acids is 1. The molecule has 192 valence electrons. The van der Waals surface area contributed by atoms with E-state index in [9.17, 15) is 31.1 Å². The van der Waals surface area contributed by atoms with Crippen molar-refractivity contribution in [2.45, 2.75) is 38.4 Å². The Labute approximate surface area is 207 Å². The highest BCUT2D eigenvalue weighted by molar-refractivity contribution is 7.15. The lowest BCUT2D eigenvalue weighted by molar-refractivity contribution is -0.137. The molecule has 5 nitrogen and oxygen atoms in total. The van der Waals surface area contributed by atoms with Gasteiger partial charge < -0.3 is 10.2 Å². The molecule has 1 fully saturated rings. The van der Waals surface area contributed by atoms with Crippen LogP contribution < -0.4 is 5.32 Å². The number of carbonyl (C=O) groups is 1. The van der Waals surface area contributed by atoms with E-state index in [2.05, 4.69) is 15.3 Å². The van der Waals surface area contributed by atoms with Crippen LogP contribution in [0.3, 0.4) is 0 Å². The molecule has 1 aromatic carbocycles. The Morgan fingerprint density at radius 2 is 1.94 bits per heavy atom. The highest BCUT2D eigenvalue weighted by Crippen LogP contribution is 2.38. The Morgan fingerprint density at radius 3 is 2.58 bits per heavy atom. The largest absolute Gasteiger partial charge is 0.417 e. The maximum absolute atomic E-state index is 14.6. The number of hydrogen-bond acceptors (Lipinski definition) is 5. The second-order valence-corrected chi connectivity index (χ2v) is 9.94. The van der Waals surface area contributed by atoms with Crippen LogP contribution in [0, 0.1) is 18.7 Å². The van der Waals surface area contributed by atoms with Gasteiger partial charge in [0, 0.05) is 24.7 Å². The standard InChI is InChI=1S/C24H22F6N4OS/c1-13-9-23(26,27)12-34(18(13)11-32-19-8-7-15(10-31-19)24(28,29)30)22(35)20-21(36-14(2)33-20)16-5-3-4-6-17(16)25/h3-8,10,13,18H,9,11-12H2,1-2H3,(H,31,32)/t13-,18-/m1/s1. The van der Waals surface area contributed by atoms with E-state index in [0.29, 0.717) is 11.2 Å². The lowest BCUT2D eigenvalue weighted by Crippen LogP contribution is -2.57. The van der Waals surface area contributed by atoms with Crippen LogP contribution in [-0.2, 0) is 6.18 Å². The molecule has 2 aromatic heterocycles. The summed E-state index contributed by atoms with van der Waals surface area (Å²) in [5, 5.41) is 3.32. The molecule has 0 saturated carbocycles. The number of nitrogens with zero attached hydrogens (tertiary/aromatic N) is 3. The van der Waals surface area contributed by atoms with Crippen LogP contribution in [0.5, 0.6) is 0 Å². The maximum Gasteiger partial charge on any atom is 0.417 e. The predicted molar refractivity (Wildman–Crippen MR) is 124 cm³/mol. The third-order valence-electron chi connectivity index (χ3n) is 5.98. The summed E-state index contributed by atoms with van der Waals surface area (Å²) in [6.45, 7) is 2.31. The van der Waals surface area contributed by atoms with Gasteiger partial charge in [0.15, 0.2) is 0 Å². The van der Waals surface area contributed by atoms with Crippen LogP contribution in [-0.4, -0.2) is 45.8 Å². The number of alkyl halides is 5. The second-order valence-electron chi connectivity index (χ2n) is 8.74. The number of aryl methyl sites for hydroxylation is 1. The molecule has 1 aliphatic heterocycles. The van der Waals surface area contributed by atoms with Gasteiger partial charge in [-0.2, -0.15) is 13.2 Å². The summed E-state index contributed by atoms with van der Waals surface area (Å²) in [6.07, 6.45) is -4.35. The monoisotopic (exact) mass is 528 g/mol. The molecule has 0 unspecified atom stereocenters. The number of anilines is 1. The van der Waals surface area contributed by atoms with Crippen molar-refractivity contribution in [2.24, 2.45) is 5.92 Å². The van der Waals surface area contributed by atoms with Crippen LogP contribution in [0.4, 0.5) is 32.2 Å². The van der Waals surface area contributed by atoms with Crippen molar-refractivity contribution in [2.75, 3.05) is 18.4 Å². The van der Waals surface area contributed by atoms with Crippen molar-refractivity contribution in [1.29, 1.82) is 0 Å². The number of amides is 1. The minimum atomic E-state index is -4.54. The van der Waals surface area contributed by atoms with Gasteiger partial charge in [0.05, 0.1) is 28.0 Å². The molecule has 0 radical (unpaired) electrons. The molecule has 0 aliphatic carbocycles. The Hall–Kier alpha value is -3.15. The van der Waals surface area contributed by atoms with Crippen molar-refractivity contribution in [3.63, 3.8) is 0 Å². The molecule has 36 heavy (non-hydrogen) atoms. The molecule has 2 atom stereocenters. The average molecular weight is 529 g/mol. The van der Waals surface area contributed by atoms with Crippen LogP contribution >= 0.6 is 11.3 Å². The summed E-state index contributed by atoms with van der Waals surface area (Å²) in [5.41, 5.74) is -0.896. The number of pyridine rings is 1. The lowest BCUT2D eigenvalue weighted by atomic mass is 9.88. The van der Waals surface area contributed by atoms with Gasteiger partial charge in [0.1, 0.15) is 17.3 Å². The summed E-state index contributed by atoms with van der Waals surface area (Å²) >= 11 is 1.09. The quantitative estimate of drug-likeness (QED) is 0.397. The highest BCUT2D eigenvalue weighted by atomic mass is 32.1. The topological polar surface area (TPSA) is 58.1 Å². The van der Waals surface area contributed by atoms with Crippen molar-refractivity contribution in [3.05, 3.63) is 64.7 Å². The van der Waals surface area contributed by atoms with Gasteiger partial charge in [-0.25, -0.2) is 23.1 Å². The lowest BCUT2D eigenvalue weighted by Gasteiger charge is -2.43. The van der Waals surface area contributed by atoms with E-state index in [4.69, 9.17) is 0 Å². The molecular formula is C24H22F6N4OS. The zero-order valence-electron chi connectivity index (χ0n) is 19.2. The molecule has 1 N–H and O–H groups in total.